The molecule has 1 aliphatic carbocycles. The van der Waals surface area contributed by atoms with E-state index in [-0.39, 0.29) is 24.3 Å². The monoisotopic (exact) mass is 281 g/mol. The first-order chi connectivity index (χ1) is 9.53. The van der Waals surface area contributed by atoms with Crippen molar-refractivity contribution in [2.75, 3.05) is 20.8 Å². The van der Waals surface area contributed by atoms with Crippen LogP contribution in [0.1, 0.15) is 18.4 Å². The first kappa shape index (κ1) is 14.8. The molecule has 0 heterocycles. The summed E-state index contributed by atoms with van der Waals surface area (Å²) in [6.45, 7) is 1.97. The van der Waals surface area contributed by atoms with Crippen LogP contribution in [0.3, 0.4) is 0 Å². The Hall–Kier alpha value is -1.62. The molecule has 1 atom stereocenters. The Morgan fingerprint density at radius 2 is 2.20 bits per heavy atom. The van der Waals surface area contributed by atoms with Crippen LogP contribution in [0.2, 0.25) is 0 Å². The standard InChI is InChI=1S/C15H20FNO3/c1-10-4-7-12(16)8-13(10)20-9-15(17-2,11-5-6-11)14(18)19-3/h4,7-8,11,17H,5-6,9H2,1-3H3. The van der Waals surface area contributed by atoms with Gasteiger partial charge < -0.3 is 14.8 Å². The van der Waals surface area contributed by atoms with E-state index < -0.39 is 5.54 Å². The van der Waals surface area contributed by atoms with E-state index in [2.05, 4.69) is 5.32 Å². The molecular formula is C15H20FNO3. The van der Waals surface area contributed by atoms with Gasteiger partial charge in [-0.3, -0.25) is 0 Å². The fourth-order valence-corrected chi connectivity index (χ4v) is 2.40. The molecule has 20 heavy (non-hydrogen) atoms. The second kappa shape index (κ2) is 5.79. The molecule has 0 radical (unpaired) electrons. The highest BCUT2D eigenvalue weighted by molar-refractivity contribution is 5.82. The van der Waals surface area contributed by atoms with Gasteiger partial charge in [0.15, 0.2) is 5.54 Å². The molecule has 1 N–H and O–H groups in total. The van der Waals surface area contributed by atoms with Crippen molar-refractivity contribution in [2.24, 2.45) is 5.92 Å². The minimum absolute atomic E-state index is 0.130. The smallest absolute Gasteiger partial charge is 0.329 e. The summed E-state index contributed by atoms with van der Waals surface area (Å²) in [5, 5.41) is 3.04. The van der Waals surface area contributed by atoms with Gasteiger partial charge in [-0.05, 0) is 44.4 Å². The Labute approximate surface area is 118 Å². The molecule has 1 saturated carbocycles. The zero-order valence-electron chi connectivity index (χ0n) is 12.0. The first-order valence-corrected chi connectivity index (χ1v) is 6.70. The molecule has 0 spiro atoms. The quantitative estimate of drug-likeness (QED) is 0.811. The number of hydrogen-bond donors (Lipinski definition) is 1. The van der Waals surface area contributed by atoms with Crippen LogP contribution in [0.5, 0.6) is 5.75 Å². The van der Waals surface area contributed by atoms with E-state index in [1.807, 2.05) is 6.92 Å². The van der Waals surface area contributed by atoms with E-state index in [1.54, 1.807) is 13.1 Å². The third-order valence-corrected chi connectivity index (χ3v) is 3.88. The minimum atomic E-state index is -0.854. The molecule has 0 amide bonds. The fourth-order valence-electron chi connectivity index (χ4n) is 2.40. The number of halogens is 1. The number of carbonyl (C=O) groups excluding carboxylic acids is 1. The molecule has 4 nitrogen and oxygen atoms in total. The van der Waals surface area contributed by atoms with Gasteiger partial charge in [-0.25, -0.2) is 9.18 Å². The van der Waals surface area contributed by atoms with Crippen molar-refractivity contribution in [1.29, 1.82) is 0 Å². The SMILES string of the molecule is CNC(COc1cc(F)ccc1C)(C(=O)OC)C1CC1. The molecule has 0 aliphatic heterocycles. The van der Waals surface area contributed by atoms with Gasteiger partial charge in [0.25, 0.3) is 0 Å². The first-order valence-electron chi connectivity index (χ1n) is 6.70. The van der Waals surface area contributed by atoms with E-state index in [4.69, 9.17) is 9.47 Å². The number of ether oxygens (including phenoxy) is 2. The third kappa shape index (κ3) is 2.77. The van der Waals surface area contributed by atoms with Gasteiger partial charge in [0.05, 0.1) is 7.11 Å². The van der Waals surface area contributed by atoms with Crippen molar-refractivity contribution in [2.45, 2.75) is 25.3 Å². The fraction of sp³-hybridized carbons (Fsp3) is 0.533. The highest BCUT2D eigenvalue weighted by atomic mass is 19.1. The van der Waals surface area contributed by atoms with E-state index in [0.717, 1.165) is 18.4 Å². The molecule has 0 bridgehead atoms. The summed E-state index contributed by atoms with van der Waals surface area (Å²) >= 11 is 0. The maximum atomic E-state index is 13.3. The Balaban J connectivity index is 2.16. The molecule has 1 aromatic carbocycles. The van der Waals surface area contributed by atoms with Crippen LogP contribution in [-0.2, 0) is 9.53 Å². The third-order valence-electron chi connectivity index (χ3n) is 3.88. The van der Waals surface area contributed by atoms with E-state index in [9.17, 15) is 9.18 Å². The lowest BCUT2D eigenvalue weighted by Crippen LogP contribution is -2.57. The van der Waals surface area contributed by atoms with Crippen LogP contribution in [0.4, 0.5) is 4.39 Å². The van der Waals surface area contributed by atoms with Crippen LogP contribution in [0.15, 0.2) is 18.2 Å². The van der Waals surface area contributed by atoms with Crippen molar-refractivity contribution in [3.05, 3.63) is 29.6 Å². The lowest BCUT2D eigenvalue weighted by Gasteiger charge is -2.30. The highest BCUT2D eigenvalue weighted by Gasteiger charge is 2.51. The van der Waals surface area contributed by atoms with Crippen LogP contribution in [0, 0.1) is 18.7 Å². The summed E-state index contributed by atoms with van der Waals surface area (Å²) in [6.07, 6.45) is 1.92. The molecule has 0 aromatic heterocycles. The molecule has 5 heteroatoms. The van der Waals surface area contributed by atoms with Crippen LogP contribution in [0.25, 0.3) is 0 Å². The van der Waals surface area contributed by atoms with E-state index in [0.29, 0.717) is 5.75 Å². The number of benzene rings is 1. The molecule has 1 fully saturated rings. The Kier molecular flexibility index (Phi) is 4.28. The number of carbonyl (C=O) groups is 1. The number of esters is 1. The summed E-state index contributed by atoms with van der Waals surface area (Å²) in [5.74, 6) is -0.0373. The predicted octanol–water partition coefficient (Wildman–Crippen LogP) is 2.05. The maximum Gasteiger partial charge on any atom is 0.329 e. The number of hydrogen-bond acceptors (Lipinski definition) is 4. The number of aryl methyl sites for hydroxylation is 1. The van der Waals surface area contributed by atoms with Gasteiger partial charge in [0.2, 0.25) is 0 Å². The number of rotatable bonds is 6. The molecule has 110 valence electrons. The molecule has 1 aliphatic rings. The Morgan fingerprint density at radius 1 is 1.50 bits per heavy atom. The van der Waals surface area contributed by atoms with Crippen molar-refractivity contribution < 1.29 is 18.7 Å². The van der Waals surface area contributed by atoms with Gasteiger partial charge in [-0.1, -0.05) is 6.07 Å². The molecular weight excluding hydrogens is 261 g/mol. The van der Waals surface area contributed by atoms with Crippen molar-refractivity contribution in [3.63, 3.8) is 0 Å². The predicted molar refractivity (Wildman–Crippen MR) is 73.2 cm³/mol. The van der Waals surface area contributed by atoms with Crippen LogP contribution in [-0.4, -0.2) is 32.3 Å². The van der Waals surface area contributed by atoms with E-state index >= 15 is 0 Å². The molecule has 0 saturated heterocycles. The van der Waals surface area contributed by atoms with Gasteiger partial charge in [0, 0.05) is 6.07 Å². The minimum Gasteiger partial charge on any atom is -0.491 e. The van der Waals surface area contributed by atoms with Crippen molar-refractivity contribution in [3.8, 4) is 5.75 Å². The summed E-state index contributed by atoms with van der Waals surface area (Å²) in [4.78, 5) is 12.1. The van der Waals surface area contributed by atoms with Crippen molar-refractivity contribution >= 4 is 5.97 Å². The Bertz CT molecular complexity index is 502. The second-order valence-corrected chi connectivity index (χ2v) is 5.19. The summed E-state index contributed by atoms with van der Waals surface area (Å²) < 4.78 is 23.8. The highest BCUT2D eigenvalue weighted by Crippen LogP contribution is 2.40. The summed E-state index contributed by atoms with van der Waals surface area (Å²) in [7, 11) is 3.08. The summed E-state index contributed by atoms with van der Waals surface area (Å²) in [6, 6.07) is 4.37. The number of nitrogens with one attached hydrogen (secondary N) is 1. The number of likely N-dealkylation sites (N-methyl/N-ethyl adjacent to an activating group) is 1. The van der Waals surface area contributed by atoms with Crippen LogP contribution < -0.4 is 10.1 Å². The average molecular weight is 281 g/mol. The Morgan fingerprint density at radius 3 is 2.75 bits per heavy atom. The molecule has 1 aromatic rings. The van der Waals surface area contributed by atoms with Gasteiger partial charge in [0.1, 0.15) is 18.2 Å². The lowest BCUT2D eigenvalue weighted by atomic mass is 9.94. The molecule has 2 rings (SSSR count). The lowest BCUT2D eigenvalue weighted by molar-refractivity contribution is -0.151. The largest absolute Gasteiger partial charge is 0.491 e. The topological polar surface area (TPSA) is 47.6 Å². The maximum absolute atomic E-state index is 13.3. The zero-order chi connectivity index (χ0) is 14.8. The van der Waals surface area contributed by atoms with Gasteiger partial charge in [-0.15, -0.1) is 0 Å². The second-order valence-electron chi connectivity index (χ2n) is 5.19. The number of methoxy groups -OCH3 is 1. The van der Waals surface area contributed by atoms with E-state index in [1.165, 1.54) is 19.2 Å². The van der Waals surface area contributed by atoms with Gasteiger partial charge in [-0.2, -0.15) is 0 Å². The van der Waals surface area contributed by atoms with Crippen molar-refractivity contribution in [1.82, 2.24) is 5.32 Å². The molecule has 1 unspecified atom stereocenters. The summed E-state index contributed by atoms with van der Waals surface area (Å²) in [5.41, 5.74) is -0.0230. The normalized spacial score (nSPS) is 17.4. The van der Waals surface area contributed by atoms with Gasteiger partial charge >= 0.3 is 5.97 Å². The average Bonchev–Trinajstić information content (AvgIpc) is 3.28. The van der Waals surface area contributed by atoms with Crippen LogP contribution >= 0.6 is 0 Å². The zero-order valence-corrected chi connectivity index (χ0v) is 12.0.